The van der Waals surface area contributed by atoms with Crippen LogP contribution in [0.15, 0.2) is 48.5 Å². The van der Waals surface area contributed by atoms with Gasteiger partial charge in [0.15, 0.2) is 0 Å². The normalized spacial score (nSPS) is 10.2. The minimum atomic E-state index is 0.00644. The van der Waals surface area contributed by atoms with Crippen LogP contribution in [0.25, 0.3) is 0 Å². The number of aryl methyl sites for hydroxylation is 1. The first-order chi connectivity index (χ1) is 9.08. The van der Waals surface area contributed by atoms with Crippen LogP contribution in [0.3, 0.4) is 0 Å². The van der Waals surface area contributed by atoms with Gasteiger partial charge in [-0.2, -0.15) is 0 Å². The molecule has 0 saturated carbocycles. The zero-order valence-corrected chi connectivity index (χ0v) is 11.3. The molecule has 1 amide bonds. The van der Waals surface area contributed by atoms with Gasteiger partial charge in [-0.05, 0) is 36.2 Å². The predicted molar refractivity (Wildman–Crippen MR) is 77.8 cm³/mol. The summed E-state index contributed by atoms with van der Waals surface area (Å²) in [4.78, 5) is 14.0. The average Bonchev–Trinajstić information content (AvgIpc) is 2.42. The van der Waals surface area contributed by atoms with Gasteiger partial charge in [-0.3, -0.25) is 4.79 Å². The Hall–Kier alpha value is -2.29. The molecule has 0 aliphatic heterocycles. The number of nitrogens with zero attached hydrogens (tertiary/aromatic N) is 1. The molecule has 0 aromatic heterocycles. The Labute approximate surface area is 113 Å². The third kappa shape index (κ3) is 3.13. The van der Waals surface area contributed by atoms with E-state index >= 15 is 0 Å². The average molecular weight is 254 g/mol. The van der Waals surface area contributed by atoms with Crippen LogP contribution < -0.4 is 5.73 Å². The van der Waals surface area contributed by atoms with Crippen molar-refractivity contribution in [2.75, 3.05) is 12.8 Å². The van der Waals surface area contributed by atoms with E-state index in [9.17, 15) is 4.79 Å². The van der Waals surface area contributed by atoms with Gasteiger partial charge in [0.05, 0.1) is 0 Å². The van der Waals surface area contributed by atoms with Gasteiger partial charge in [-0.15, -0.1) is 0 Å². The first kappa shape index (κ1) is 13.1. The van der Waals surface area contributed by atoms with Crippen LogP contribution >= 0.6 is 0 Å². The number of rotatable bonds is 3. The number of hydrogen-bond acceptors (Lipinski definition) is 2. The molecule has 0 unspecified atom stereocenters. The number of hydrogen-bond donors (Lipinski definition) is 1. The lowest BCUT2D eigenvalue weighted by molar-refractivity contribution is 0.0785. The molecule has 0 saturated heterocycles. The third-order valence-electron chi connectivity index (χ3n) is 3.13. The zero-order valence-electron chi connectivity index (χ0n) is 11.3. The highest BCUT2D eigenvalue weighted by Crippen LogP contribution is 2.15. The quantitative estimate of drug-likeness (QED) is 0.856. The third-order valence-corrected chi connectivity index (χ3v) is 3.13. The summed E-state index contributed by atoms with van der Waals surface area (Å²) in [5.41, 5.74) is 9.19. The van der Waals surface area contributed by atoms with Gasteiger partial charge in [-0.1, -0.05) is 30.3 Å². The summed E-state index contributed by atoms with van der Waals surface area (Å²) in [5.74, 6) is 0.00644. The molecule has 2 N–H and O–H groups in total. The van der Waals surface area contributed by atoms with E-state index in [2.05, 4.69) is 0 Å². The second-order valence-corrected chi connectivity index (χ2v) is 4.72. The fraction of sp³-hybridized carbons (Fsp3) is 0.188. The van der Waals surface area contributed by atoms with Crippen molar-refractivity contribution < 1.29 is 4.79 Å². The lowest BCUT2D eigenvalue weighted by atomic mass is 10.1. The summed E-state index contributed by atoms with van der Waals surface area (Å²) in [6, 6.07) is 15.3. The minimum absolute atomic E-state index is 0.00644. The van der Waals surface area contributed by atoms with Crippen LogP contribution in [0.2, 0.25) is 0 Å². The lowest BCUT2D eigenvalue weighted by Gasteiger charge is -2.18. The Balaban J connectivity index is 2.12. The van der Waals surface area contributed by atoms with Crippen LogP contribution in [-0.4, -0.2) is 17.9 Å². The van der Waals surface area contributed by atoms with E-state index in [0.717, 1.165) is 11.1 Å². The molecule has 0 aliphatic rings. The first-order valence-electron chi connectivity index (χ1n) is 6.23. The van der Waals surface area contributed by atoms with E-state index < -0.39 is 0 Å². The molecular formula is C16H18N2O. The van der Waals surface area contributed by atoms with Crippen LogP contribution in [-0.2, 0) is 6.54 Å². The molecule has 0 fully saturated rings. The van der Waals surface area contributed by atoms with E-state index in [1.165, 1.54) is 0 Å². The fourth-order valence-electron chi connectivity index (χ4n) is 1.96. The Kier molecular flexibility index (Phi) is 3.85. The molecule has 2 rings (SSSR count). The highest BCUT2D eigenvalue weighted by Gasteiger charge is 2.12. The van der Waals surface area contributed by atoms with E-state index in [-0.39, 0.29) is 5.91 Å². The van der Waals surface area contributed by atoms with Crippen LogP contribution in [0.5, 0.6) is 0 Å². The Bertz CT molecular complexity index is 579. The number of benzene rings is 2. The van der Waals surface area contributed by atoms with Gasteiger partial charge >= 0.3 is 0 Å². The van der Waals surface area contributed by atoms with Crippen molar-refractivity contribution >= 4 is 11.6 Å². The summed E-state index contributed by atoms with van der Waals surface area (Å²) in [5, 5.41) is 0. The first-order valence-corrected chi connectivity index (χ1v) is 6.23. The summed E-state index contributed by atoms with van der Waals surface area (Å²) in [6.45, 7) is 2.51. The zero-order chi connectivity index (χ0) is 13.8. The van der Waals surface area contributed by atoms with Crippen LogP contribution in [0, 0.1) is 6.92 Å². The number of anilines is 1. The summed E-state index contributed by atoms with van der Waals surface area (Å²) < 4.78 is 0. The monoisotopic (exact) mass is 254 g/mol. The Morgan fingerprint density at radius 2 is 1.84 bits per heavy atom. The topological polar surface area (TPSA) is 46.3 Å². The van der Waals surface area contributed by atoms with Crippen molar-refractivity contribution in [1.82, 2.24) is 4.90 Å². The maximum atomic E-state index is 12.3. The molecule has 0 spiro atoms. The maximum absolute atomic E-state index is 12.3. The fourth-order valence-corrected chi connectivity index (χ4v) is 1.96. The molecule has 0 atom stereocenters. The molecule has 2 aromatic rings. The van der Waals surface area contributed by atoms with Crippen LogP contribution in [0.4, 0.5) is 5.69 Å². The molecule has 0 aliphatic carbocycles. The highest BCUT2D eigenvalue weighted by molar-refractivity contribution is 5.94. The SMILES string of the molecule is Cc1cc(C(=O)N(C)Cc2ccccc2)ccc1N. The van der Waals surface area contributed by atoms with Gasteiger partial charge in [0.1, 0.15) is 0 Å². The molecule has 0 bridgehead atoms. The lowest BCUT2D eigenvalue weighted by Crippen LogP contribution is -2.26. The number of carbonyl (C=O) groups is 1. The summed E-state index contributed by atoms with van der Waals surface area (Å²) in [6.07, 6.45) is 0. The van der Waals surface area contributed by atoms with E-state index in [0.29, 0.717) is 17.8 Å². The second kappa shape index (κ2) is 5.57. The van der Waals surface area contributed by atoms with Gasteiger partial charge in [-0.25, -0.2) is 0 Å². The van der Waals surface area contributed by atoms with Crippen molar-refractivity contribution in [2.24, 2.45) is 0 Å². The van der Waals surface area contributed by atoms with Gasteiger partial charge in [0, 0.05) is 24.8 Å². The van der Waals surface area contributed by atoms with Crippen molar-refractivity contribution in [2.45, 2.75) is 13.5 Å². The van der Waals surface area contributed by atoms with Gasteiger partial charge < -0.3 is 10.6 Å². The van der Waals surface area contributed by atoms with E-state index in [1.54, 1.807) is 24.1 Å². The Morgan fingerprint density at radius 1 is 1.16 bits per heavy atom. The van der Waals surface area contributed by atoms with Gasteiger partial charge in [0.25, 0.3) is 5.91 Å². The Morgan fingerprint density at radius 3 is 2.47 bits per heavy atom. The number of nitrogens with two attached hydrogens (primary N) is 1. The van der Waals surface area contributed by atoms with Crippen LogP contribution in [0.1, 0.15) is 21.5 Å². The molecular weight excluding hydrogens is 236 g/mol. The predicted octanol–water partition coefficient (Wildman–Crippen LogP) is 2.85. The highest BCUT2D eigenvalue weighted by atomic mass is 16.2. The van der Waals surface area contributed by atoms with Crippen molar-refractivity contribution in [1.29, 1.82) is 0 Å². The van der Waals surface area contributed by atoms with Crippen molar-refractivity contribution in [3.05, 3.63) is 65.2 Å². The maximum Gasteiger partial charge on any atom is 0.253 e. The molecule has 3 nitrogen and oxygen atoms in total. The number of nitrogen functional groups attached to an aromatic ring is 1. The van der Waals surface area contributed by atoms with Crippen molar-refractivity contribution in [3.63, 3.8) is 0 Å². The molecule has 2 aromatic carbocycles. The largest absolute Gasteiger partial charge is 0.399 e. The standard InChI is InChI=1S/C16H18N2O/c1-12-10-14(8-9-15(12)17)16(19)18(2)11-13-6-4-3-5-7-13/h3-10H,11,17H2,1-2H3. The minimum Gasteiger partial charge on any atom is -0.399 e. The molecule has 19 heavy (non-hydrogen) atoms. The molecule has 3 heteroatoms. The molecule has 0 heterocycles. The number of carbonyl (C=O) groups excluding carboxylic acids is 1. The van der Waals surface area contributed by atoms with E-state index in [4.69, 9.17) is 5.73 Å². The second-order valence-electron chi connectivity index (χ2n) is 4.72. The summed E-state index contributed by atoms with van der Waals surface area (Å²) >= 11 is 0. The molecule has 0 radical (unpaired) electrons. The van der Waals surface area contributed by atoms with Gasteiger partial charge in [0.2, 0.25) is 0 Å². The van der Waals surface area contributed by atoms with E-state index in [1.807, 2.05) is 43.3 Å². The number of amides is 1. The molecule has 98 valence electrons. The smallest absolute Gasteiger partial charge is 0.253 e. The van der Waals surface area contributed by atoms with Crippen molar-refractivity contribution in [3.8, 4) is 0 Å². The summed E-state index contributed by atoms with van der Waals surface area (Å²) in [7, 11) is 1.81.